The molecule has 0 aromatic heterocycles. The van der Waals surface area contributed by atoms with Crippen molar-refractivity contribution in [3.8, 4) is 0 Å². The lowest BCUT2D eigenvalue weighted by atomic mass is 10.3. The molecule has 0 aromatic carbocycles. The number of halogens is 2. The lowest BCUT2D eigenvalue weighted by Crippen LogP contribution is -2.41. The first-order chi connectivity index (χ1) is 6.99. The summed E-state index contributed by atoms with van der Waals surface area (Å²) < 4.78 is 4.80. The summed E-state index contributed by atoms with van der Waals surface area (Å²) in [5, 5.41) is 0.241. The molecule has 4 nitrogen and oxygen atoms in total. The van der Waals surface area contributed by atoms with Crippen molar-refractivity contribution in [3.63, 3.8) is 0 Å². The molecule has 0 fully saturated rings. The maximum Gasteiger partial charge on any atom is 0.328 e. The van der Waals surface area contributed by atoms with E-state index in [0.717, 1.165) is 0 Å². The lowest BCUT2D eigenvalue weighted by Gasteiger charge is -2.22. The predicted octanol–water partition coefficient (Wildman–Crippen LogP) is 1.47. The summed E-state index contributed by atoms with van der Waals surface area (Å²) in [6, 6.07) is -0.664. The molecule has 1 heterocycles. The van der Waals surface area contributed by atoms with Gasteiger partial charge in [0.25, 0.3) is 5.91 Å². The molecule has 84 valence electrons. The van der Waals surface area contributed by atoms with Gasteiger partial charge in [0, 0.05) is 0 Å². The van der Waals surface area contributed by atoms with Crippen LogP contribution in [0.3, 0.4) is 0 Å². The Morgan fingerprint density at radius 3 is 2.60 bits per heavy atom. The van der Waals surface area contributed by atoms with E-state index in [1.54, 1.807) is 13.8 Å². The summed E-state index contributed by atoms with van der Waals surface area (Å²) in [5.41, 5.74) is 0. The Morgan fingerprint density at radius 2 is 2.20 bits per heavy atom. The van der Waals surface area contributed by atoms with Crippen molar-refractivity contribution < 1.29 is 14.3 Å². The van der Waals surface area contributed by atoms with Crippen LogP contribution in [0.15, 0.2) is 10.1 Å². The number of hydrogen-bond acceptors (Lipinski definition) is 3. The van der Waals surface area contributed by atoms with E-state index in [-0.39, 0.29) is 23.2 Å². The van der Waals surface area contributed by atoms with Crippen molar-refractivity contribution in [2.45, 2.75) is 19.9 Å². The van der Waals surface area contributed by atoms with Gasteiger partial charge in [0.2, 0.25) is 0 Å². The zero-order valence-electron chi connectivity index (χ0n) is 8.42. The van der Waals surface area contributed by atoms with E-state index in [1.807, 2.05) is 0 Å². The molecule has 0 radical (unpaired) electrons. The Morgan fingerprint density at radius 1 is 1.60 bits per heavy atom. The molecule has 0 spiro atoms. The maximum absolute atomic E-state index is 11.5. The second-order valence-electron chi connectivity index (χ2n) is 3.08. The topological polar surface area (TPSA) is 46.6 Å². The normalized spacial score (nSPS) is 18.4. The van der Waals surface area contributed by atoms with E-state index in [4.69, 9.17) is 27.9 Å². The van der Waals surface area contributed by atoms with Crippen molar-refractivity contribution in [2.75, 3.05) is 13.2 Å². The standard InChI is InChI=1S/C9H11Cl2NO3/c1-3-15-9(14)5(2)12-4-6(10)7(11)8(12)13/h5H,3-4H2,1-2H3/t5-/m0/s1. The third kappa shape index (κ3) is 2.44. The number of nitrogens with zero attached hydrogens (tertiary/aromatic N) is 1. The molecular formula is C9H11Cl2NO3. The molecule has 0 bridgehead atoms. The summed E-state index contributed by atoms with van der Waals surface area (Å²) in [6.45, 7) is 3.73. The minimum atomic E-state index is -0.664. The van der Waals surface area contributed by atoms with E-state index in [0.29, 0.717) is 0 Å². The van der Waals surface area contributed by atoms with Crippen LogP contribution in [0.1, 0.15) is 13.8 Å². The summed E-state index contributed by atoms with van der Waals surface area (Å²) in [4.78, 5) is 24.2. The highest BCUT2D eigenvalue weighted by atomic mass is 35.5. The van der Waals surface area contributed by atoms with Crippen molar-refractivity contribution in [2.24, 2.45) is 0 Å². The van der Waals surface area contributed by atoms with E-state index in [9.17, 15) is 9.59 Å². The van der Waals surface area contributed by atoms with Crippen LogP contribution in [0.25, 0.3) is 0 Å². The summed E-state index contributed by atoms with van der Waals surface area (Å²) >= 11 is 11.3. The highest BCUT2D eigenvalue weighted by Crippen LogP contribution is 2.26. The lowest BCUT2D eigenvalue weighted by molar-refractivity contribution is -0.152. The molecule has 0 saturated carbocycles. The molecule has 1 aliphatic rings. The number of ether oxygens (including phenoxy) is 1. The first-order valence-electron chi connectivity index (χ1n) is 4.50. The quantitative estimate of drug-likeness (QED) is 0.714. The van der Waals surface area contributed by atoms with Gasteiger partial charge >= 0.3 is 5.97 Å². The zero-order valence-corrected chi connectivity index (χ0v) is 9.93. The SMILES string of the molecule is CCOC(=O)[C@H](C)N1CC(Cl)=C(Cl)C1=O. The third-order valence-corrected chi connectivity index (χ3v) is 2.89. The molecule has 0 aromatic rings. The van der Waals surface area contributed by atoms with Crippen LogP contribution >= 0.6 is 23.2 Å². The van der Waals surface area contributed by atoms with Gasteiger partial charge in [-0.15, -0.1) is 0 Å². The Labute approximate surface area is 97.8 Å². The summed E-state index contributed by atoms with van der Waals surface area (Å²) in [6.07, 6.45) is 0. The Balaban J connectivity index is 2.69. The molecule has 0 saturated heterocycles. The molecular weight excluding hydrogens is 241 g/mol. The fourth-order valence-electron chi connectivity index (χ4n) is 1.24. The average Bonchev–Trinajstić information content (AvgIpc) is 2.45. The van der Waals surface area contributed by atoms with Crippen molar-refractivity contribution in [1.29, 1.82) is 0 Å². The van der Waals surface area contributed by atoms with Crippen LogP contribution in [0, 0.1) is 0 Å². The largest absolute Gasteiger partial charge is 0.464 e. The number of rotatable bonds is 3. The van der Waals surface area contributed by atoms with Crippen molar-refractivity contribution in [1.82, 2.24) is 4.90 Å². The van der Waals surface area contributed by atoms with Gasteiger partial charge < -0.3 is 9.64 Å². The van der Waals surface area contributed by atoms with Gasteiger partial charge in [-0.2, -0.15) is 0 Å². The van der Waals surface area contributed by atoms with E-state index in [2.05, 4.69) is 0 Å². The van der Waals surface area contributed by atoms with Gasteiger partial charge in [0.1, 0.15) is 11.1 Å². The highest BCUT2D eigenvalue weighted by molar-refractivity contribution is 6.49. The Hall–Kier alpha value is -0.740. The molecule has 0 unspecified atom stereocenters. The van der Waals surface area contributed by atoms with Gasteiger partial charge in [0.15, 0.2) is 0 Å². The summed E-state index contributed by atoms with van der Waals surface area (Å²) in [7, 11) is 0. The van der Waals surface area contributed by atoms with Crippen LogP contribution in [0.5, 0.6) is 0 Å². The van der Waals surface area contributed by atoms with Gasteiger partial charge in [-0.25, -0.2) is 4.79 Å². The van der Waals surface area contributed by atoms with Crippen molar-refractivity contribution >= 4 is 35.1 Å². The molecule has 0 N–H and O–H groups in total. The van der Waals surface area contributed by atoms with Crippen LogP contribution < -0.4 is 0 Å². The van der Waals surface area contributed by atoms with E-state index >= 15 is 0 Å². The van der Waals surface area contributed by atoms with Crippen LogP contribution in [0.4, 0.5) is 0 Å². The van der Waals surface area contributed by atoms with Gasteiger partial charge in [0.05, 0.1) is 18.2 Å². The molecule has 6 heteroatoms. The number of carbonyl (C=O) groups excluding carboxylic acids is 2. The predicted molar refractivity (Wildman–Crippen MR) is 56.5 cm³/mol. The fourth-order valence-corrected chi connectivity index (χ4v) is 1.61. The van der Waals surface area contributed by atoms with Crippen LogP contribution in [-0.4, -0.2) is 36.0 Å². The molecule has 1 rings (SSSR count). The number of amides is 1. The second-order valence-corrected chi connectivity index (χ2v) is 3.91. The van der Waals surface area contributed by atoms with Crippen molar-refractivity contribution in [3.05, 3.63) is 10.1 Å². The smallest absolute Gasteiger partial charge is 0.328 e. The minimum absolute atomic E-state index is 0.0205. The fraction of sp³-hybridized carbons (Fsp3) is 0.556. The second kappa shape index (κ2) is 4.86. The van der Waals surface area contributed by atoms with Crippen LogP contribution in [0.2, 0.25) is 0 Å². The first-order valence-corrected chi connectivity index (χ1v) is 5.26. The zero-order chi connectivity index (χ0) is 11.6. The molecule has 15 heavy (non-hydrogen) atoms. The first kappa shape index (κ1) is 12.3. The Bertz CT molecular complexity index is 327. The number of hydrogen-bond donors (Lipinski definition) is 0. The van der Waals surface area contributed by atoms with E-state index < -0.39 is 17.9 Å². The number of esters is 1. The molecule has 1 amide bonds. The Kier molecular flexibility index (Phi) is 3.99. The molecule has 1 atom stereocenters. The molecule has 1 aliphatic heterocycles. The van der Waals surface area contributed by atoms with Crippen LogP contribution in [-0.2, 0) is 14.3 Å². The minimum Gasteiger partial charge on any atom is -0.464 e. The highest BCUT2D eigenvalue weighted by Gasteiger charge is 2.35. The molecule has 0 aliphatic carbocycles. The third-order valence-electron chi connectivity index (χ3n) is 2.09. The average molecular weight is 252 g/mol. The summed E-state index contributed by atoms with van der Waals surface area (Å²) in [5.74, 6) is -0.885. The van der Waals surface area contributed by atoms with E-state index in [1.165, 1.54) is 4.90 Å². The van der Waals surface area contributed by atoms with Gasteiger partial charge in [-0.3, -0.25) is 4.79 Å². The van der Waals surface area contributed by atoms with Gasteiger partial charge in [-0.05, 0) is 13.8 Å². The monoisotopic (exact) mass is 251 g/mol. The number of carbonyl (C=O) groups is 2. The van der Waals surface area contributed by atoms with Gasteiger partial charge in [-0.1, -0.05) is 23.2 Å². The maximum atomic E-state index is 11.5.